The zero-order valence-electron chi connectivity index (χ0n) is 17.6. The minimum absolute atomic E-state index is 0.000280. The molecule has 1 aliphatic rings. The molecule has 3 heterocycles. The normalized spacial score (nSPS) is 17.8. The Labute approximate surface area is 186 Å². The summed E-state index contributed by atoms with van der Waals surface area (Å²) in [6, 6.07) is 4.34. The largest absolute Gasteiger partial charge is 0.447 e. The molecule has 33 heavy (non-hydrogen) atoms. The van der Waals surface area contributed by atoms with E-state index in [1.54, 1.807) is 29.8 Å². The molecule has 1 saturated heterocycles. The Balaban J connectivity index is 1.52. The first kappa shape index (κ1) is 22.5. The number of aromatic nitrogens is 4. The third-order valence-electron chi connectivity index (χ3n) is 5.22. The number of cyclic esters (lactones) is 1. The van der Waals surface area contributed by atoms with Crippen LogP contribution in [0.25, 0.3) is 5.69 Å². The molecule has 1 aromatic carbocycles. The lowest BCUT2D eigenvalue weighted by atomic mass is 10.2. The van der Waals surface area contributed by atoms with Gasteiger partial charge >= 0.3 is 6.09 Å². The summed E-state index contributed by atoms with van der Waals surface area (Å²) in [5, 5.41) is 2.96. The molecule has 1 amide bonds. The van der Waals surface area contributed by atoms with Gasteiger partial charge in [0.1, 0.15) is 18.8 Å². The Hall–Kier alpha value is -3.70. The van der Waals surface area contributed by atoms with Crippen molar-refractivity contribution in [3.63, 3.8) is 0 Å². The number of ether oxygens (including phenoxy) is 1. The van der Waals surface area contributed by atoms with E-state index in [1.807, 2.05) is 0 Å². The number of alkyl halides is 3. The van der Waals surface area contributed by atoms with Crippen LogP contribution in [0.5, 0.6) is 0 Å². The van der Waals surface area contributed by atoms with Gasteiger partial charge in [-0.15, -0.1) is 0 Å². The molecule has 0 spiro atoms. The molecule has 3 atom stereocenters. The van der Waals surface area contributed by atoms with Crippen LogP contribution in [0.4, 0.5) is 34.1 Å². The number of carbonyl (C=O) groups is 1. The average Bonchev–Trinajstić information content (AvgIpc) is 3.42. The summed E-state index contributed by atoms with van der Waals surface area (Å²) >= 11 is 0. The highest BCUT2D eigenvalue weighted by Crippen LogP contribution is 2.28. The van der Waals surface area contributed by atoms with Gasteiger partial charge in [0.25, 0.3) is 6.43 Å². The van der Waals surface area contributed by atoms with Crippen LogP contribution in [-0.4, -0.2) is 44.4 Å². The van der Waals surface area contributed by atoms with Gasteiger partial charge in [0.2, 0.25) is 5.95 Å². The van der Waals surface area contributed by atoms with Crippen LogP contribution in [0.1, 0.15) is 37.6 Å². The number of hydrogen-bond donors (Lipinski definition) is 1. The lowest BCUT2D eigenvalue weighted by molar-refractivity contribution is 0.151. The second-order valence-electron chi connectivity index (χ2n) is 7.52. The van der Waals surface area contributed by atoms with Crippen molar-refractivity contribution in [2.24, 2.45) is 0 Å². The molecule has 3 aromatic rings. The molecule has 1 fully saturated rings. The SMILES string of the molecule is C[C@H](Nc1ncc(F)c(N2C(=O)OCC2[C@H](C)F)n1)c1cn(-c2ccc(C(F)F)cc2)cn1. The van der Waals surface area contributed by atoms with Crippen LogP contribution >= 0.6 is 0 Å². The number of anilines is 2. The van der Waals surface area contributed by atoms with Crippen molar-refractivity contribution in [3.8, 4) is 5.69 Å². The van der Waals surface area contributed by atoms with E-state index >= 15 is 0 Å². The van der Waals surface area contributed by atoms with Crippen molar-refractivity contribution in [3.05, 3.63) is 60.1 Å². The van der Waals surface area contributed by atoms with Crippen LogP contribution < -0.4 is 10.2 Å². The van der Waals surface area contributed by atoms with E-state index in [0.29, 0.717) is 11.4 Å². The third kappa shape index (κ3) is 4.59. The molecule has 0 bridgehead atoms. The Morgan fingerprint density at radius 2 is 1.88 bits per heavy atom. The smallest absolute Gasteiger partial charge is 0.416 e. The number of imidazole rings is 1. The summed E-state index contributed by atoms with van der Waals surface area (Å²) in [5.74, 6) is -1.28. The van der Waals surface area contributed by atoms with Crippen molar-refractivity contribution in [2.45, 2.75) is 38.5 Å². The van der Waals surface area contributed by atoms with E-state index in [-0.39, 0.29) is 23.9 Å². The molecular weight excluding hydrogens is 444 g/mol. The first-order valence-corrected chi connectivity index (χ1v) is 10.1. The molecule has 1 N–H and O–H groups in total. The molecule has 0 saturated carbocycles. The van der Waals surface area contributed by atoms with Crippen molar-refractivity contribution in [2.75, 3.05) is 16.8 Å². The Morgan fingerprint density at radius 1 is 1.15 bits per heavy atom. The van der Waals surface area contributed by atoms with E-state index in [2.05, 4.69) is 20.3 Å². The van der Waals surface area contributed by atoms with E-state index in [1.165, 1.54) is 25.4 Å². The predicted molar refractivity (Wildman–Crippen MR) is 111 cm³/mol. The number of nitrogens with zero attached hydrogens (tertiary/aromatic N) is 5. The minimum atomic E-state index is -2.55. The highest BCUT2D eigenvalue weighted by molar-refractivity contribution is 5.89. The zero-order chi connectivity index (χ0) is 23.7. The second kappa shape index (κ2) is 9.04. The maximum atomic E-state index is 14.4. The molecule has 2 aromatic heterocycles. The Morgan fingerprint density at radius 3 is 2.55 bits per heavy atom. The van der Waals surface area contributed by atoms with Crippen molar-refractivity contribution in [1.82, 2.24) is 19.5 Å². The highest BCUT2D eigenvalue weighted by Gasteiger charge is 2.40. The molecule has 1 unspecified atom stereocenters. The van der Waals surface area contributed by atoms with Gasteiger partial charge in [0.15, 0.2) is 11.6 Å². The minimum Gasteiger partial charge on any atom is -0.447 e. The van der Waals surface area contributed by atoms with Gasteiger partial charge < -0.3 is 14.6 Å². The van der Waals surface area contributed by atoms with Crippen LogP contribution in [0.3, 0.4) is 0 Å². The maximum absolute atomic E-state index is 14.4. The molecular formula is C21H20F4N6O2. The first-order valence-electron chi connectivity index (χ1n) is 10.1. The number of rotatable bonds is 7. The van der Waals surface area contributed by atoms with E-state index in [0.717, 1.165) is 11.1 Å². The molecule has 174 valence electrons. The molecule has 8 nitrogen and oxygen atoms in total. The molecule has 0 aliphatic carbocycles. The fraction of sp³-hybridized carbons (Fsp3) is 0.333. The fourth-order valence-corrected chi connectivity index (χ4v) is 3.38. The van der Waals surface area contributed by atoms with Gasteiger partial charge in [-0.05, 0) is 26.0 Å². The van der Waals surface area contributed by atoms with Gasteiger partial charge in [-0.2, -0.15) is 4.98 Å². The summed E-state index contributed by atoms with van der Waals surface area (Å²) in [4.78, 5) is 25.1. The first-order chi connectivity index (χ1) is 15.7. The van der Waals surface area contributed by atoms with Gasteiger partial charge in [-0.3, -0.25) is 0 Å². The molecule has 4 rings (SSSR count). The van der Waals surface area contributed by atoms with E-state index < -0.39 is 36.6 Å². The summed E-state index contributed by atoms with van der Waals surface area (Å²) in [7, 11) is 0. The summed E-state index contributed by atoms with van der Waals surface area (Å²) < 4.78 is 60.2. The Bertz CT molecular complexity index is 1140. The monoisotopic (exact) mass is 464 g/mol. The number of hydrogen-bond acceptors (Lipinski definition) is 6. The van der Waals surface area contributed by atoms with Crippen LogP contribution in [0, 0.1) is 5.82 Å². The van der Waals surface area contributed by atoms with Crippen LogP contribution in [-0.2, 0) is 4.74 Å². The second-order valence-corrected chi connectivity index (χ2v) is 7.52. The maximum Gasteiger partial charge on any atom is 0.416 e. The van der Waals surface area contributed by atoms with Crippen molar-refractivity contribution >= 4 is 17.9 Å². The highest BCUT2D eigenvalue weighted by atomic mass is 19.3. The van der Waals surface area contributed by atoms with Crippen molar-refractivity contribution < 1.29 is 27.1 Å². The van der Waals surface area contributed by atoms with Gasteiger partial charge in [-0.25, -0.2) is 37.2 Å². The van der Waals surface area contributed by atoms with E-state index in [4.69, 9.17) is 4.74 Å². The van der Waals surface area contributed by atoms with Crippen molar-refractivity contribution in [1.29, 1.82) is 0 Å². The van der Waals surface area contributed by atoms with Crippen LogP contribution in [0.15, 0.2) is 43.0 Å². The summed E-state index contributed by atoms with van der Waals surface area (Å²) in [6.07, 6.45) is -0.801. The third-order valence-corrected chi connectivity index (χ3v) is 5.22. The Kier molecular flexibility index (Phi) is 6.16. The number of amides is 1. The lowest BCUT2D eigenvalue weighted by Gasteiger charge is -2.22. The number of halogens is 4. The zero-order valence-corrected chi connectivity index (χ0v) is 17.6. The van der Waals surface area contributed by atoms with E-state index in [9.17, 15) is 22.4 Å². The average molecular weight is 464 g/mol. The standard InChI is InChI=1S/C21H20F4N6O2/c1-11(22)17-9-33-21(32)31(17)19-15(23)7-26-20(29-19)28-12(2)16-8-30(10-27-16)14-5-3-13(4-6-14)18(24)25/h3-8,10-12,17-18H,9H2,1-2H3,(H,26,28,29)/t11-,12-,17?/m0/s1. The molecule has 0 radical (unpaired) electrons. The number of carbonyl (C=O) groups excluding carboxylic acids is 1. The summed E-state index contributed by atoms with van der Waals surface area (Å²) in [5.41, 5.74) is 1.13. The van der Waals surface area contributed by atoms with Gasteiger partial charge in [-0.1, -0.05) is 12.1 Å². The van der Waals surface area contributed by atoms with Gasteiger partial charge in [0, 0.05) is 17.4 Å². The van der Waals surface area contributed by atoms with Gasteiger partial charge in [0.05, 0.1) is 24.3 Å². The van der Waals surface area contributed by atoms with Crippen LogP contribution in [0.2, 0.25) is 0 Å². The number of nitrogens with one attached hydrogen (secondary N) is 1. The molecule has 1 aliphatic heterocycles. The number of benzene rings is 1. The fourth-order valence-electron chi connectivity index (χ4n) is 3.38. The topological polar surface area (TPSA) is 85.2 Å². The predicted octanol–water partition coefficient (Wildman–Crippen LogP) is 4.60. The molecule has 12 heteroatoms. The lowest BCUT2D eigenvalue weighted by Crippen LogP contribution is -2.40. The quantitative estimate of drug-likeness (QED) is 0.515. The summed E-state index contributed by atoms with van der Waals surface area (Å²) in [6.45, 7) is 2.79.